The van der Waals surface area contributed by atoms with E-state index < -0.39 is 12.2 Å². The summed E-state index contributed by atoms with van der Waals surface area (Å²) in [5.41, 5.74) is 2.25. The van der Waals surface area contributed by atoms with Gasteiger partial charge in [-0.25, -0.2) is 4.79 Å². The van der Waals surface area contributed by atoms with Crippen molar-refractivity contribution in [1.29, 1.82) is 0 Å². The van der Waals surface area contributed by atoms with Crippen LogP contribution in [-0.2, 0) is 4.79 Å². The van der Waals surface area contributed by atoms with Crippen molar-refractivity contribution < 1.29 is 19.1 Å². The van der Waals surface area contributed by atoms with Crippen LogP contribution < -0.4 is 14.8 Å². The minimum atomic E-state index is -0.472. The SMILES string of the molecule is CCN(CC)C(=O)C(C)Oc1cccc2ccccc12.CNC(=O)Oc1cc(C)c(SC)c(C)c1. The lowest BCUT2D eigenvalue weighted by molar-refractivity contribution is -0.137. The molecule has 0 spiro atoms. The Balaban J connectivity index is 0.000000258. The van der Waals surface area contributed by atoms with Crippen molar-refractivity contribution in [2.75, 3.05) is 26.4 Å². The largest absolute Gasteiger partial charge is 0.480 e. The highest BCUT2D eigenvalue weighted by Gasteiger charge is 2.20. The fourth-order valence-electron chi connectivity index (χ4n) is 3.78. The number of hydrogen-bond donors (Lipinski definition) is 1. The smallest absolute Gasteiger partial charge is 0.412 e. The normalized spacial score (nSPS) is 11.2. The number of hydrogen-bond acceptors (Lipinski definition) is 5. The summed E-state index contributed by atoms with van der Waals surface area (Å²) in [6.45, 7) is 11.2. The molecule has 0 aliphatic heterocycles. The predicted octanol–water partition coefficient (Wildman–Crippen LogP) is 6.22. The molecule has 0 radical (unpaired) electrons. The fourth-order valence-corrected chi connectivity index (χ4v) is 4.54. The number of carbonyl (C=O) groups is 2. The third kappa shape index (κ3) is 7.65. The van der Waals surface area contributed by atoms with Crippen LogP contribution in [0.3, 0.4) is 0 Å². The van der Waals surface area contributed by atoms with Gasteiger partial charge in [0.25, 0.3) is 5.91 Å². The fraction of sp³-hybridized carbons (Fsp3) is 0.357. The average molecular weight is 497 g/mol. The minimum Gasteiger partial charge on any atom is -0.480 e. The summed E-state index contributed by atoms with van der Waals surface area (Å²) >= 11 is 1.70. The number of ether oxygens (including phenoxy) is 2. The molecule has 188 valence electrons. The molecule has 0 heterocycles. The maximum Gasteiger partial charge on any atom is 0.412 e. The van der Waals surface area contributed by atoms with Crippen LogP contribution in [0.4, 0.5) is 4.79 Å². The van der Waals surface area contributed by atoms with Gasteiger partial charge in [0.15, 0.2) is 6.10 Å². The molecule has 3 aromatic rings. The van der Waals surface area contributed by atoms with Crippen molar-refractivity contribution in [3.63, 3.8) is 0 Å². The molecule has 0 aliphatic rings. The number of benzene rings is 3. The molecule has 1 N–H and O–H groups in total. The zero-order valence-electron chi connectivity index (χ0n) is 21.7. The Kier molecular flexibility index (Phi) is 10.9. The van der Waals surface area contributed by atoms with Crippen LogP contribution in [0.1, 0.15) is 31.9 Å². The standard InChI is InChI=1S/C17H21NO2.C11H15NO2S/c1-4-18(5-2)17(19)13(3)20-16-12-8-10-14-9-6-7-11-15(14)16;1-7-5-9(14-11(13)12-3)6-8(2)10(7)15-4/h6-13H,4-5H2,1-3H3;5-6H,1-4H3,(H,12,13). The molecule has 35 heavy (non-hydrogen) atoms. The molecule has 3 rings (SSSR count). The number of nitrogens with one attached hydrogen (secondary N) is 1. The predicted molar refractivity (Wildman–Crippen MR) is 145 cm³/mol. The first-order valence-corrected chi connectivity index (χ1v) is 13.0. The van der Waals surface area contributed by atoms with Crippen LogP contribution in [-0.4, -0.2) is 49.4 Å². The summed E-state index contributed by atoms with van der Waals surface area (Å²) in [5, 5.41) is 4.57. The van der Waals surface area contributed by atoms with Gasteiger partial charge in [-0.2, -0.15) is 0 Å². The van der Waals surface area contributed by atoms with Crippen LogP contribution in [0.25, 0.3) is 10.8 Å². The van der Waals surface area contributed by atoms with E-state index in [1.54, 1.807) is 16.7 Å². The number of carbonyl (C=O) groups excluding carboxylic acids is 2. The number of amides is 2. The summed E-state index contributed by atoms with van der Waals surface area (Å²) in [7, 11) is 1.54. The monoisotopic (exact) mass is 496 g/mol. The summed E-state index contributed by atoms with van der Waals surface area (Å²) in [5.74, 6) is 1.38. The Morgan fingerprint density at radius 1 is 1.00 bits per heavy atom. The Morgan fingerprint density at radius 3 is 2.17 bits per heavy atom. The van der Waals surface area contributed by atoms with Crippen molar-refractivity contribution in [2.24, 2.45) is 0 Å². The molecular formula is C28H36N2O4S. The van der Waals surface area contributed by atoms with Gasteiger partial charge in [0.1, 0.15) is 11.5 Å². The van der Waals surface area contributed by atoms with Crippen molar-refractivity contribution in [1.82, 2.24) is 10.2 Å². The van der Waals surface area contributed by atoms with Crippen LogP contribution >= 0.6 is 11.8 Å². The van der Waals surface area contributed by atoms with Crippen LogP contribution in [0.15, 0.2) is 59.5 Å². The first-order chi connectivity index (χ1) is 16.7. The highest BCUT2D eigenvalue weighted by molar-refractivity contribution is 7.98. The lowest BCUT2D eigenvalue weighted by Gasteiger charge is -2.23. The molecule has 0 saturated carbocycles. The Hall–Kier alpha value is -3.19. The van der Waals surface area contributed by atoms with Gasteiger partial charge in [0, 0.05) is 30.4 Å². The second-order valence-corrected chi connectivity index (χ2v) is 8.79. The van der Waals surface area contributed by atoms with E-state index in [1.165, 1.54) is 11.9 Å². The third-order valence-corrected chi connectivity index (χ3v) is 6.58. The summed E-state index contributed by atoms with van der Waals surface area (Å²) < 4.78 is 10.9. The second-order valence-electron chi connectivity index (χ2n) is 7.98. The molecule has 1 atom stereocenters. The number of fused-ring (bicyclic) bond motifs is 1. The van der Waals surface area contributed by atoms with Gasteiger partial charge in [-0.15, -0.1) is 11.8 Å². The van der Waals surface area contributed by atoms with E-state index in [1.807, 2.05) is 95.5 Å². The number of likely N-dealkylation sites (N-methyl/N-ethyl adjacent to an activating group) is 1. The van der Waals surface area contributed by atoms with Crippen molar-refractivity contribution in [3.8, 4) is 11.5 Å². The zero-order chi connectivity index (χ0) is 26.0. The average Bonchev–Trinajstić information content (AvgIpc) is 2.85. The van der Waals surface area contributed by atoms with E-state index in [-0.39, 0.29) is 5.91 Å². The second kappa shape index (κ2) is 13.6. The van der Waals surface area contributed by atoms with Gasteiger partial charge in [-0.05, 0) is 75.6 Å². The van der Waals surface area contributed by atoms with Gasteiger partial charge < -0.3 is 19.7 Å². The van der Waals surface area contributed by atoms with Crippen LogP contribution in [0.5, 0.6) is 11.5 Å². The Morgan fingerprint density at radius 2 is 1.60 bits per heavy atom. The lowest BCUT2D eigenvalue weighted by atomic mass is 10.1. The molecule has 7 heteroatoms. The number of rotatable bonds is 7. The van der Waals surface area contributed by atoms with Crippen molar-refractivity contribution in [3.05, 3.63) is 65.7 Å². The molecule has 6 nitrogen and oxygen atoms in total. The van der Waals surface area contributed by atoms with Gasteiger partial charge >= 0.3 is 6.09 Å². The summed E-state index contributed by atoms with van der Waals surface area (Å²) in [4.78, 5) is 26.3. The Bertz CT molecular complexity index is 1120. The number of nitrogens with zero attached hydrogens (tertiary/aromatic N) is 1. The molecule has 0 aliphatic carbocycles. The van der Waals surface area contributed by atoms with E-state index >= 15 is 0 Å². The Labute approximate surface area is 213 Å². The molecular weight excluding hydrogens is 460 g/mol. The van der Waals surface area contributed by atoms with Crippen molar-refractivity contribution >= 4 is 34.5 Å². The maximum absolute atomic E-state index is 12.2. The number of thioether (sulfide) groups is 1. The topological polar surface area (TPSA) is 67.9 Å². The van der Waals surface area contributed by atoms with Gasteiger partial charge in [-0.1, -0.05) is 36.4 Å². The maximum atomic E-state index is 12.2. The summed E-state index contributed by atoms with van der Waals surface area (Å²) in [6.07, 6.45) is 1.13. The van der Waals surface area contributed by atoms with Gasteiger partial charge in [0.05, 0.1) is 0 Å². The van der Waals surface area contributed by atoms with Gasteiger partial charge in [-0.3, -0.25) is 4.79 Å². The van der Waals surface area contributed by atoms with E-state index in [0.29, 0.717) is 18.8 Å². The first kappa shape index (κ1) is 28.1. The van der Waals surface area contributed by atoms with E-state index in [9.17, 15) is 9.59 Å². The van der Waals surface area contributed by atoms with E-state index in [0.717, 1.165) is 27.6 Å². The van der Waals surface area contributed by atoms with E-state index in [2.05, 4.69) is 5.32 Å². The zero-order valence-corrected chi connectivity index (χ0v) is 22.5. The summed E-state index contributed by atoms with van der Waals surface area (Å²) in [6, 6.07) is 17.7. The molecule has 3 aromatic carbocycles. The first-order valence-electron chi connectivity index (χ1n) is 11.7. The van der Waals surface area contributed by atoms with Crippen LogP contribution in [0, 0.1) is 13.8 Å². The lowest BCUT2D eigenvalue weighted by Crippen LogP contribution is -2.40. The van der Waals surface area contributed by atoms with E-state index in [4.69, 9.17) is 9.47 Å². The molecule has 0 fully saturated rings. The number of aryl methyl sites for hydroxylation is 2. The quantitative estimate of drug-likeness (QED) is 0.393. The third-order valence-electron chi connectivity index (χ3n) is 5.53. The highest BCUT2D eigenvalue weighted by atomic mass is 32.2. The van der Waals surface area contributed by atoms with Gasteiger partial charge in [0.2, 0.25) is 0 Å². The molecule has 2 amide bonds. The highest BCUT2D eigenvalue weighted by Crippen LogP contribution is 2.29. The molecule has 0 bridgehead atoms. The molecule has 0 saturated heterocycles. The molecule has 1 unspecified atom stereocenters. The molecule has 0 aromatic heterocycles. The van der Waals surface area contributed by atoms with Crippen LogP contribution in [0.2, 0.25) is 0 Å². The van der Waals surface area contributed by atoms with Crippen molar-refractivity contribution in [2.45, 2.75) is 45.6 Å². The minimum absolute atomic E-state index is 0.0305.